The second-order valence-electron chi connectivity index (χ2n) is 5.74. The maximum atomic E-state index is 12.5. The summed E-state index contributed by atoms with van der Waals surface area (Å²) in [7, 11) is -2.72. The lowest BCUT2D eigenvalue weighted by Crippen LogP contribution is -2.46. The van der Waals surface area contributed by atoms with Crippen LogP contribution in [-0.2, 0) is 14.6 Å². The Labute approximate surface area is 140 Å². The molecule has 0 spiro atoms. The molecule has 0 bridgehead atoms. The van der Waals surface area contributed by atoms with Crippen molar-refractivity contribution in [1.82, 2.24) is 10.2 Å². The molecule has 24 heavy (non-hydrogen) atoms. The van der Waals surface area contributed by atoms with Gasteiger partial charge in [-0.2, -0.15) is 8.78 Å². The summed E-state index contributed by atoms with van der Waals surface area (Å²) in [6.45, 7) is 1.86. The third-order valence-corrected chi connectivity index (χ3v) is 5.38. The second kappa shape index (κ2) is 8.00. The van der Waals surface area contributed by atoms with Crippen molar-refractivity contribution in [2.45, 2.75) is 29.5 Å². The van der Waals surface area contributed by atoms with Crippen molar-refractivity contribution in [3.63, 3.8) is 0 Å². The molecule has 1 fully saturated rings. The Bertz CT molecular complexity index is 665. The van der Waals surface area contributed by atoms with Crippen LogP contribution >= 0.6 is 0 Å². The molecule has 1 heterocycles. The Morgan fingerprint density at radius 1 is 1.33 bits per heavy atom. The largest absolute Gasteiger partial charge is 0.341 e. The van der Waals surface area contributed by atoms with E-state index in [1.54, 1.807) is 0 Å². The number of carbonyl (C=O) groups excluding carboxylic acids is 1. The smallest absolute Gasteiger partial charge is 0.325 e. The van der Waals surface area contributed by atoms with Crippen molar-refractivity contribution in [3.8, 4) is 0 Å². The zero-order valence-electron chi connectivity index (χ0n) is 13.3. The number of rotatable bonds is 6. The summed E-state index contributed by atoms with van der Waals surface area (Å²) in [5, 5.41) is 5.84. The summed E-state index contributed by atoms with van der Waals surface area (Å²) >= 11 is 0. The molecule has 134 valence electrons. The van der Waals surface area contributed by atoms with E-state index < -0.39 is 20.5 Å². The van der Waals surface area contributed by atoms with Crippen LogP contribution in [0.2, 0.25) is 0 Å². The summed E-state index contributed by atoms with van der Waals surface area (Å²) in [5.41, 5.74) is 0.371. The first kappa shape index (κ1) is 18.8. The van der Waals surface area contributed by atoms with E-state index in [1.165, 1.54) is 12.1 Å². The molecule has 1 aliphatic heterocycles. The topological polar surface area (TPSA) is 78.5 Å². The Hall–Kier alpha value is -1.58. The number of benzene rings is 1. The summed E-state index contributed by atoms with van der Waals surface area (Å²) in [6.07, 6.45) is 2.09. The maximum absolute atomic E-state index is 12.5. The molecule has 9 heteroatoms. The number of sulfone groups is 1. The fourth-order valence-corrected chi connectivity index (χ4v) is 3.39. The van der Waals surface area contributed by atoms with E-state index >= 15 is 0 Å². The van der Waals surface area contributed by atoms with Crippen LogP contribution in [0.1, 0.15) is 12.8 Å². The lowest BCUT2D eigenvalue weighted by Gasteiger charge is -2.31. The number of amides is 1. The third kappa shape index (κ3) is 4.71. The summed E-state index contributed by atoms with van der Waals surface area (Å²) in [6, 6.07) is 5.11. The molecule has 0 aliphatic carbocycles. The molecular weight excluding hydrogens is 340 g/mol. The number of nitrogens with zero attached hydrogens (tertiary/aromatic N) is 1. The monoisotopic (exact) mass is 361 g/mol. The number of alkyl halides is 2. The first-order valence-electron chi connectivity index (χ1n) is 7.64. The second-order valence-corrected chi connectivity index (χ2v) is 7.66. The van der Waals surface area contributed by atoms with Crippen LogP contribution in [0.4, 0.5) is 14.5 Å². The molecular formula is C15H21F2N3O3S. The summed E-state index contributed by atoms with van der Waals surface area (Å²) < 4.78 is 47.6. The molecule has 1 aliphatic rings. The quantitative estimate of drug-likeness (QED) is 0.799. The van der Waals surface area contributed by atoms with Crippen LogP contribution in [0, 0.1) is 0 Å². The minimum absolute atomic E-state index is 0.226. The predicted octanol–water partition coefficient (Wildman–Crippen LogP) is 1.31. The first-order valence-corrected chi connectivity index (χ1v) is 9.19. The van der Waals surface area contributed by atoms with Gasteiger partial charge in [-0.1, -0.05) is 0 Å². The van der Waals surface area contributed by atoms with Gasteiger partial charge in [-0.15, -0.1) is 0 Å². The van der Waals surface area contributed by atoms with Crippen molar-refractivity contribution in [3.05, 3.63) is 24.3 Å². The van der Waals surface area contributed by atoms with Gasteiger partial charge in [-0.05, 0) is 50.7 Å². The van der Waals surface area contributed by atoms with Gasteiger partial charge in [0.25, 0.3) is 0 Å². The van der Waals surface area contributed by atoms with Crippen LogP contribution in [0.5, 0.6) is 0 Å². The molecule has 1 unspecified atom stereocenters. The van der Waals surface area contributed by atoms with Crippen LogP contribution in [0.3, 0.4) is 0 Å². The number of carbonyl (C=O) groups is 1. The molecule has 2 rings (SSSR count). The number of anilines is 1. The lowest BCUT2D eigenvalue weighted by atomic mass is 10.1. The number of likely N-dealkylation sites (tertiary alicyclic amines) is 1. The lowest BCUT2D eigenvalue weighted by molar-refractivity contribution is -0.117. The number of hydrogen-bond acceptors (Lipinski definition) is 5. The van der Waals surface area contributed by atoms with Gasteiger partial charge in [0.05, 0.1) is 11.4 Å². The number of likely N-dealkylation sites (N-methyl/N-ethyl adjacent to an activating group) is 1. The number of hydrogen-bond donors (Lipinski definition) is 2. The minimum atomic E-state index is -4.62. The Morgan fingerprint density at radius 2 is 2.00 bits per heavy atom. The minimum Gasteiger partial charge on any atom is -0.325 e. The molecule has 0 radical (unpaired) electrons. The SMILES string of the molecule is CNC1CCCN(CC(=O)Nc2ccc(S(=O)(=O)C(F)F)cc2)C1. The molecule has 1 amide bonds. The molecule has 0 saturated carbocycles. The van der Waals surface area contributed by atoms with Crippen molar-refractivity contribution < 1.29 is 22.0 Å². The van der Waals surface area contributed by atoms with E-state index in [1.807, 2.05) is 11.9 Å². The average Bonchev–Trinajstić information content (AvgIpc) is 2.55. The van der Waals surface area contributed by atoms with Crippen molar-refractivity contribution in [2.75, 3.05) is 32.0 Å². The standard InChI is InChI=1S/C15H21F2N3O3S/c1-18-12-3-2-8-20(9-12)10-14(21)19-11-4-6-13(7-5-11)24(22,23)15(16)17/h4-7,12,15,18H,2-3,8-10H2,1H3,(H,19,21). The van der Waals surface area contributed by atoms with Gasteiger partial charge < -0.3 is 10.6 Å². The number of piperidine rings is 1. The van der Waals surface area contributed by atoms with E-state index in [0.717, 1.165) is 38.1 Å². The van der Waals surface area contributed by atoms with Crippen molar-refractivity contribution >= 4 is 21.4 Å². The van der Waals surface area contributed by atoms with Gasteiger partial charge in [-0.25, -0.2) is 8.42 Å². The van der Waals surface area contributed by atoms with Crippen molar-refractivity contribution in [2.24, 2.45) is 0 Å². The highest BCUT2D eigenvalue weighted by molar-refractivity contribution is 7.91. The maximum Gasteiger partial charge on any atom is 0.341 e. The highest BCUT2D eigenvalue weighted by atomic mass is 32.2. The van der Waals surface area contributed by atoms with Crippen LogP contribution in [0.15, 0.2) is 29.2 Å². The number of nitrogens with one attached hydrogen (secondary N) is 2. The Kier molecular flexibility index (Phi) is 6.25. The predicted molar refractivity (Wildman–Crippen MR) is 86.8 cm³/mol. The first-order chi connectivity index (χ1) is 11.3. The van der Waals surface area contributed by atoms with E-state index in [-0.39, 0.29) is 12.5 Å². The zero-order valence-corrected chi connectivity index (χ0v) is 14.2. The zero-order chi connectivity index (χ0) is 17.7. The van der Waals surface area contributed by atoms with Gasteiger partial charge in [0.2, 0.25) is 15.7 Å². The molecule has 0 aromatic heterocycles. The summed E-state index contributed by atoms with van der Waals surface area (Å²) in [5.74, 6) is -3.69. The highest BCUT2D eigenvalue weighted by Crippen LogP contribution is 2.20. The fraction of sp³-hybridized carbons (Fsp3) is 0.533. The van der Waals surface area contributed by atoms with Gasteiger partial charge in [-0.3, -0.25) is 9.69 Å². The molecule has 1 aromatic rings. The normalized spacial score (nSPS) is 19.4. The van der Waals surface area contributed by atoms with E-state index in [2.05, 4.69) is 10.6 Å². The van der Waals surface area contributed by atoms with Crippen molar-refractivity contribution in [1.29, 1.82) is 0 Å². The molecule has 1 saturated heterocycles. The third-order valence-electron chi connectivity index (χ3n) is 3.98. The van der Waals surface area contributed by atoms with E-state index in [4.69, 9.17) is 0 Å². The Morgan fingerprint density at radius 3 is 2.58 bits per heavy atom. The van der Waals surface area contributed by atoms with Crippen LogP contribution in [-0.4, -0.2) is 57.7 Å². The van der Waals surface area contributed by atoms with Gasteiger partial charge in [0.1, 0.15) is 0 Å². The molecule has 1 atom stereocenters. The van der Waals surface area contributed by atoms with Gasteiger partial charge in [0.15, 0.2) is 0 Å². The molecule has 2 N–H and O–H groups in total. The Balaban J connectivity index is 1.93. The van der Waals surface area contributed by atoms with Gasteiger partial charge in [0, 0.05) is 18.3 Å². The number of halogens is 2. The van der Waals surface area contributed by atoms with E-state index in [9.17, 15) is 22.0 Å². The van der Waals surface area contributed by atoms with Gasteiger partial charge >= 0.3 is 5.76 Å². The molecule has 6 nitrogen and oxygen atoms in total. The molecule has 1 aromatic carbocycles. The fourth-order valence-electron chi connectivity index (χ4n) is 2.67. The summed E-state index contributed by atoms with van der Waals surface area (Å²) in [4.78, 5) is 13.6. The highest BCUT2D eigenvalue weighted by Gasteiger charge is 2.26. The van der Waals surface area contributed by atoms with Crippen LogP contribution in [0.25, 0.3) is 0 Å². The van der Waals surface area contributed by atoms with Crippen LogP contribution < -0.4 is 10.6 Å². The van der Waals surface area contributed by atoms with E-state index in [0.29, 0.717) is 11.7 Å². The average molecular weight is 361 g/mol.